The second-order valence-corrected chi connectivity index (χ2v) is 8.15. The van der Waals surface area contributed by atoms with Crippen molar-refractivity contribution in [3.8, 4) is 11.3 Å². The van der Waals surface area contributed by atoms with Gasteiger partial charge in [0.15, 0.2) is 0 Å². The van der Waals surface area contributed by atoms with Crippen molar-refractivity contribution in [2.75, 3.05) is 23.3 Å². The average Bonchev–Trinajstić information content (AvgIpc) is 3.34. The van der Waals surface area contributed by atoms with Crippen molar-refractivity contribution in [1.29, 1.82) is 0 Å². The van der Waals surface area contributed by atoms with Gasteiger partial charge in [0.05, 0.1) is 21.9 Å². The van der Waals surface area contributed by atoms with Gasteiger partial charge < -0.3 is 10.2 Å². The number of hydrogen-bond donors (Lipinski definition) is 1. The SMILES string of the molecule is O=C(Nc1ccc(Cl)c(-c2nccc3ncccc23)c1)c1ccc(N2CCCC2)c(F)c1. The van der Waals surface area contributed by atoms with Crippen LogP contribution in [-0.2, 0) is 0 Å². The summed E-state index contributed by atoms with van der Waals surface area (Å²) in [6.45, 7) is 1.68. The third-order valence-electron chi connectivity index (χ3n) is 5.67. The van der Waals surface area contributed by atoms with Crippen LogP contribution in [0, 0.1) is 5.82 Å². The van der Waals surface area contributed by atoms with Gasteiger partial charge in [-0.2, -0.15) is 0 Å². The van der Waals surface area contributed by atoms with E-state index in [1.807, 2.05) is 23.1 Å². The number of halogens is 2. The number of rotatable bonds is 4. The minimum absolute atomic E-state index is 0.259. The summed E-state index contributed by atoms with van der Waals surface area (Å²) < 4.78 is 14.6. The van der Waals surface area contributed by atoms with Gasteiger partial charge in [-0.05, 0) is 67.4 Å². The topological polar surface area (TPSA) is 58.1 Å². The van der Waals surface area contributed by atoms with Crippen LogP contribution in [0.2, 0.25) is 5.02 Å². The Labute approximate surface area is 189 Å². The third kappa shape index (κ3) is 3.89. The number of pyridine rings is 2. The molecule has 1 aliphatic heterocycles. The maximum absolute atomic E-state index is 14.6. The van der Waals surface area contributed by atoms with Gasteiger partial charge in [0.25, 0.3) is 5.91 Å². The molecule has 1 amide bonds. The standard InChI is InChI=1S/C25H20ClFN4O/c26-20-7-6-17(15-19(20)24-18-4-3-10-28-22(18)9-11-29-24)30-25(32)16-5-8-23(21(27)14-16)31-12-1-2-13-31/h3-11,14-15H,1-2,12-13H2,(H,30,32). The van der Waals surface area contributed by atoms with Crippen LogP contribution in [0.1, 0.15) is 23.2 Å². The summed E-state index contributed by atoms with van der Waals surface area (Å²) in [4.78, 5) is 23.6. The number of amides is 1. The summed E-state index contributed by atoms with van der Waals surface area (Å²) in [5, 5.41) is 4.21. The van der Waals surface area contributed by atoms with Crippen LogP contribution in [0.4, 0.5) is 15.8 Å². The zero-order chi connectivity index (χ0) is 22.1. The van der Waals surface area contributed by atoms with Crippen molar-refractivity contribution < 1.29 is 9.18 Å². The van der Waals surface area contributed by atoms with Gasteiger partial charge in [0.1, 0.15) is 5.82 Å². The predicted octanol–water partition coefficient (Wildman–Crippen LogP) is 5.94. The third-order valence-corrected chi connectivity index (χ3v) is 6.00. The lowest BCUT2D eigenvalue weighted by Gasteiger charge is -2.18. The molecule has 0 bridgehead atoms. The summed E-state index contributed by atoms with van der Waals surface area (Å²) in [5.74, 6) is -0.776. The highest BCUT2D eigenvalue weighted by atomic mass is 35.5. The van der Waals surface area contributed by atoms with E-state index in [1.54, 1.807) is 42.7 Å². The molecule has 0 aliphatic carbocycles. The van der Waals surface area contributed by atoms with Crippen molar-refractivity contribution in [1.82, 2.24) is 9.97 Å². The first kappa shape index (κ1) is 20.4. The zero-order valence-corrected chi connectivity index (χ0v) is 17.9. The smallest absolute Gasteiger partial charge is 0.255 e. The number of carbonyl (C=O) groups excluding carboxylic acids is 1. The second-order valence-electron chi connectivity index (χ2n) is 7.74. The lowest BCUT2D eigenvalue weighted by Crippen LogP contribution is -2.19. The molecule has 0 unspecified atom stereocenters. The van der Waals surface area contributed by atoms with Crippen molar-refractivity contribution in [2.45, 2.75) is 12.8 Å². The Hall–Kier alpha value is -3.51. The molecule has 0 radical (unpaired) electrons. The number of anilines is 2. The average molecular weight is 447 g/mol. The fourth-order valence-corrected chi connectivity index (χ4v) is 4.27. The molecule has 32 heavy (non-hydrogen) atoms. The van der Waals surface area contributed by atoms with Gasteiger partial charge in [-0.3, -0.25) is 14.8 Å². The van der Waals surface area contributed by atoms with Gasteiger partial charge in [-0.25, -0.2) is 4.39 Å². The van der Waals surface area contributed by atoms with Gasteiger partial charge >= 0.3 is 0 Å². The largest absolute Gasteiger partial charge is 0.369 e. The number of hydrogen-bond acceptors (Lipinski definition) is 4. The summed E-state index contributed by atoms with van der Waals surface area (Å²) in [5.41, 5.74) is 3.51. The van der Waals surface area contributed by atoms with Crippen LogP contribution in [-0.4, -0.2) is 29.0 Å². The molecular formula is C25H20ClFN4O. The highest BCUT2D eigenvalue weighted by molar-refractivity contribution is 6.33. The zero-order valence-electron chi connectivity index (χ0n) is 17.2. The predicted molar refractivity (Wildman–Crippen MR) is 126 cm³/mol. The summed E-state index contributed by atoms with van der Waals surface area (Å²) in [7, 11) is 0. The van der Waals surface area contributed by atoms with E-state index in [-0.39, 0.29) is 11.4 Å². The molecule has 1 aliphatic rings. The monoisotopic (exact) mass is 446 g/mol. The number of fused-ring (bicyclic) bond motifs is 1. The fraction of sp³-hybridized carbons (Fsp3) is 0.160. The summed E-state index contributed by atoms with van der Waals surface area (Å²) in [6, 6.07) is 15.4. The van der Waals surface area contributed by atoms with Crippen molar-refractivity contribution >= 4 is 39.8 Å². The maximum atomic E-state index is 14.6. The fourth-order valence-electron chi connectivity index (χ4n) is 4.07. The van der Waals surface area contributed by atoms with Crippen LogP contribution in [0.15, 0.2) is 67.0 Å². The lowest BCUT2D eigenvalue weighted by atomic mass is 10.1. The summed E-state index contributed by atoms with van der Waals surface area (Å²) in [6.07, 6.45) is 5.51. The molecule has 160 valence electrons. The van der Waals surface area contributed by atoms with E-state index in [4.69, 9.17) is 11.6 Å². The Bertz CT molecular complexity index is 1320. The second kappa shape index (κ2) is 8.55. The van der Waals surface area contributed by atoms with Gasteiger partial charge in [-0.1, -0.05) is 11.6 Å². The molecule has 5 nitrogen and oxygen atoms in total. The number of aromatic nitrogens is 2. The number of nitrogens with zero attached hydrogens (tertiary/aromatic N) is 3. The molecular weight excluding hydrogens is 427 g/mol. The number of benzene rings is 2. The molecule has 2 aromatic heterocycles. The minimum atomic E-state index is -0.391. The van der Waals surface area contributed by atoms with Crippen LogP contribution >= 0.6 is 11.6 Å². The highest BCUT2D eigenvalue weighted by Gasteiger charge is 2.18. The van der Waals surface area contributed by atoms with Crippen LogP contribution in [0.25, 0.3) is 22.2 Å². The van der Waals surface area contributed by atoms with Crippen molar-refractivity contribution in [3.05, 3.63) is 83.4 Å². The Morgan fingerprint density at radius 2 is 1.84 bits per heavy atom. The lowest BCUT2D eigenvalue weighted by molar-refractivity contribution is 0.102. The Morgan fingerprint density at radius 1 is 1.00 bits per heavy atom. The van der Waals surface area contributed by atoms with Gasteiger partial charge in [0, 0.05) is 47.7 Å². The Morgan fingerprint density at radius 3 is 2.66 bits per heavy atom. The molecule has 4 aromatic rings. The van der Waals surface area contributed by atoms with Crippen molar-refractivity contribution in [3.63, 3.8) is 0 Å². The molecule has 1 fully saturated rings. The first-order valence-corrected chi connectivity index (χ1v) is 10.8. The Balaban J connectivity index is 1.43. The molecule has 5 rings (SSSR count). The summed E-state index contributed by atoms with van der Waals surface area (Å²) >= 11 is 6.46. The molecule has 2 aromatic carbocycles. The first-order valence-electron chi connectivity index (χ1n) is 10.5. The molecule has 0 saturated carbocycles. The molecule has 7 heteroatoms. The molecule has 0 spiro atoms. The van der Waals surface area contributed by atoms with Crippen LogP contribution in [0.5, 0.6) is 0 Å². The number of nitrogens with one attached hydrogen (secondary N) is 1. The minimum Gasteiger partial charge on any atom is -0.369 e. The van der Waals surface area contributed by atoms with E-state index in [1.165, 1.54) is 6.07 Å². The normalized spacial score (nSPS) is 13.5. The van der Waals surface area contributed by atoms with E-state index >= 15 is 0 Å². The van der Waals surface area contributed by atoms with E-state index in [2.05, 4.69) is 15.3 Å². The van der Waals surface area contributed by atoms with E-state index in [0.717, 1.165) is 36.8 Å². The molecule has 3 heterocycles. The van der Waals surface area contributed by atoms with E-state index < -0.39 is 5.91 Å². The van der Waals surface area contributed by atoms with Crippen LogP contribution in [0.3, 0.4) is 0 Å². The van der Waals surface area contributed by atoms with E-state index in [9.17, 15) is 9.18 Å². The molecule has 0 atom stereocenters. The molecule has 1 saturated heterocycles. The Kier molecular flexibility index (Phi) is 5.45. The number of carbonyl (C=O) groups is 1. The quantitative estimate of drug-likeness (QED) is 0.421. The van der Waals surface area contributed by atoms with Gasteiger partial charge in [0.2, 0.25) is 0 Å². The highest BCUT2D eigenvalue weighted by Crippen LogP contribution is 2.33. The van der Waals surface area contributed by atoms with Gasteiger partial charge in [-0.15, -0.1) is 0 Å². The van der Waals surface area contributed by atoms with E-state index in [0.29, 0.717) is 27.7 Å². The van der Waals surface area contributed by atoms with Crippen molar-refractivity contribution in [2.24, 2.45) is 0 Å². The van der Waals surface area contributed by atoms with Crippen LogP contribution < -0.4 is 10.2 Å². The maximum Gasteiger partial charge on any atom is 0.255 e. The first-order chi connectivity index (χ1) is 15.6. The molecule has 1 N–H and O–H groups in total.